The molecule has 0 aliphatic rings. The molecule has 0 aliphatic carbocycles. The van der Waals surface area contributed by atoms with Crippen LogP contribution in [0.3, 0.4) is 0 Å². The Morgan fingerprint density at radius 1 is 0.700 bits per heavy atom. The molecule has 30 heavy (non-hydrogen) atoms. The van der Waals surface area contributed by atoms with Gasteiger partial charge in [0.05, 0.1) is 66.1 Å². The maximum absolute atomic E-state index is 11.8. The third-order valence-corrected chi connectivity index (χ3v) is 3.73. The van der Waals surface area contributed by atoms with Gasteiger partial charge < -0.3 is 33.7 Å². The van der Waals surface area contributed by atoms with Crippen LogP contribution in [0.15, 0.2) is 24.3 Å². The Labute approximate surface area is 177 Å². The van der Waals surface area contributed by atoms with Crippen LogP contribution in [0.4, 0.5) is 5.69 Å². The Kier molecular flexibility index (Phi) is 15.6. The van der Waals surface area contributed by atoms with Crippen LogP contribution in [0, 0.1) is 0 Å². The molecule has 170 valence electrons. The zero-order valence-electron chi connectivity index (χ0n) is 17.9. The zero-order chi connectivity index (χ0) is 21.9. The van der Waals surface area contributed by atoms with Gasteiger partial charge in [-0.1, -0.05) is 0 Å². The molecule has 0 heterocycles. The number of benzene rings is 1. The Morgan fingerprint density at radius 2 is 1.13 bits per heavy atom. The lowest BCUT2D eigenvalue weighted by Gasteiger charge is -2.08. The average molecular weight is 427 g/mol. The Balaban J connectivity index is 1.86. The lowest BCUT2D eigenvalue weighted by molar-refractivity contribution is -0.121. The number of anilines is 1. The first-order chi connectivity index (χ1) is 14.6. The molecule has 0 spiro atoms. The van der Waals surface area contributed by atoms with E-state index < -0.39 is 0 Å². The molecule has 0 atom stereocenters. The van der Waals surface area contributed by atoms with Crippen LogP contribution in [0.25, 0.3) is 0 Å². The van der Waals surface area contributed by atoms with Crippen molar-refractivity contribution in [1.82, 2.24) is 0 Å². The third-order valence-electron chi connectivity index (χ3n) is 3.73. The molecule has 0 aromatic heterocycles. The molecule has 0 saturated carbocycles. The van der Waals surface area contributed by atoms with Crippen LogP contribution in [0.2, 0.25) is 0 Å². The molecule has 0 saturated heterocycles. The molecule has 1 N–H and O–H groups in total. The molecule has 9 nitrogen and oxygen atoms in total. The largest absolute Gasteiger partial charge is 0.382 e. The Hall–Kier alpha value is -1.88. The van der Waals surface area contributed by atoms with Gasteiger partial charge in [-0.3, -0.25) is 9.59 Å². The number of Topliss-reactive ketones (excluding diaryl/α,β-unsaturated/α-hetero) is 1. The van der Waals surface area contributed by atoms with E-state index in [1.165, 1.54) is 6.92 Å². The molecule has 1 amide bonds. The lowest BCUT2D eigenvalue weighted by atomic mass is 10.1. The second-order valence-corrected chi connectivity index (χ2v) is 6.18. The molecule has 1 aromatic rings. The number of methoxy groups -OCH3 is 1. The summed E-state index contributed by atoms with van der Waals surface area (Å²) >= 11 is 0. The maximum Gasteiger partial charge on any atom is 0.250 e. The molecule has 0 bridgehead atoms. The highest BCUT2D eigenvalue weighted by molar-refractivity contribution is 5.95. The SMILES string of the molecule is COCCOCCOCCOCCOCCOCC(=O)Nc1ccc(C(C)=O)cc1. The van der Waals surface area contributed by atoms with Gasteiger partial charge >= 0.3 is 0 Å². The fourth-order valence-electron chi connectivity index (χ4n) is 2.17. The van der Waals surface area contributed by atoms with Crippen LogP contribution in [-0.4, -0.2) is 91.5 Å². The summed E-state index contributed by atoms with van der Waals surface area (Å²) in [5.74, 6) is -0.285. The predicted molar refractivity (Wildman–Crippen MR) is 111 cm³/mol. The number of hydrogen-bond donors (Lipinski definition) is 1. The summed E-state index contributed by atoms with van der Waals surface area (Å²) in [5, 5.41) is 2.70. The number of nitrogens with one attached hydrogen (secondary N) is 1. The molecule has 0 aliphatic heterocycles. The zero-order valence-corrected chi connectivity index (χ0v) is 17.9. The van der Waals surface area contributed by atoms with Crippen LogP contribution in [0.5, 0.6) is 0 Å². The second-order valence-electron chi connectivity index (χ2n) is 6.18. The normalized spacial score (nSPS) is 10.9. The van der Waals surface area contributed by atoms with Gasteiger partial charge in [0, 0.05) is 18.4 Å². The number of rotatable bonds is 19. The smallest absolute Gasteiger partial charge is 0.250 e. The van der Waals surface area contributed by atoms with Crippen molar-refractivity contribution in [2.45, 2.75) is 6.92 Å². The summed E-state index contributed by atoms with van der Waals surface area (Å²) < 4.78 is 31.5. The van der Waals surface area contributed by atoms with E-state index in [9.17, 15) is 9.59 Å². The summed E-state index contributed by atoms with van der Waals surface area (Å²) in [4.78, 5) is 23.0. The average Bonchev–Trinajstić information content (AvgIpc) is 2.74. The minimum absolute atomic E-state index is 0.0190. The van der Waals surface area contributed by atoms with E-state index in [4.69, 9.17) is 28.4 Å². The van der Waals surface area contributed by atoms with Crippen molar-refractivity contribution in [3.8, 4) is 0 Å². The molecule has 1 rings (SSSR count). The van der Waals surface area contributed by atoms with Gasteiger partial charge in [0.1, 0.15) is 6.61 Å². The van der Waals surface area contributed by atoms with E-state index in [-0.39, 0.29) is 18.3 Å². The van der Waals surface area contributed by atoms with E-state index in [1.807, 2.05) is 0 Å². The Morgan fingerprint density at radius 3 is 1.57 bits per heavy atom. The highest BCUT2D eigenvalue weighted by atomic mass is 16.6. The number of ether oxygens (including phenoxy) is 6. The van der Waals surface area contributed by atoms with Crippen LogP contribution >= 0.6 is 0 Å². The fourth-order valence-corrected chi connectivity index (χ4v) is 2.17. The summed E-state index contributed by atoms with van der Waals surface area (Å²) in [6, 6.07) is 6.69. The first-order valence-corrected chi connectivity index (χ1v) is 9.92. The summed E-state index contributed by atoms with van der Waals surface area (Å²) in [5.41, 5.74) is 1.21. The van der Waals surface area contributed by atoms with E-state index in [0.29, 0.717) is 77.3 Å². The minimum atomic E-state index is -0.266. The van der Waals surface area contributed by atoms with Crippen molar-refractivity contribution in [2.24, 2.45) is 0 Å². The molecular formula is C21H33NO8. The van der Waals surface area contributed by atoms with Crippen LogP contribution in [-0.2, 0) is 33.2 Å². The minimum Gasteiger partial charge on any atom is -0.382 e. The van der Waals surface area contributed by atoms with Crippen molar-refractivity contribution in [3.63, 3.8) is 0 Å². The van der Waals surface area contributed by atoms with Gasteiger partial charge in [-0.05, 0) is 31.2 Å². The quantitative estimate of drug-likeness (QED) is 0.262. The fraction of sp³-hybridized carbons (Fsp3) is 0.619. The number of carbonyl (C=O) groups excluding carboxylic acids is 2. The van der Waals surface area contributed by atoms with Gasteiger partial charge in [0.25, 0.3) is 0 Å². The highest BCUT2D eigenvalue weighted by Crippen LogP contribution is 2.09. The van der Waals surface area contributed by atoms with Gasteiger partial charge in [-0.2, -0.15) is 0 Å². The Bertz CT molecular complexity index is 579. The summed E-state index contributed by atoms with van der Waals surface area (Å²) in [6.07, 6.45) is 0. The van der Waals surface area contributed by atoms with Crippen molar-refractivity contribution in [3.05, 3.63) is 29.8 Å². The van der Waals surface area contributed by atoms with Gasteiger partial charge in [0.2, 0.25) is 5.91 Å². The topological polar surface area (TPSA) is 102 Å². The van der Waals surface area contributed by atoms with Crippen molar-refractivity contribution < 1.29 is 38.0 Å². The van der Waals surface area contributed by atoms with E-state index >= 15 is 0 Å². The highest BCUT2D eigenvalue weighted by Gasteiger charge is 2.04. The van der Waals surface area contributed by atoms with Crippen LogP contribution in [0.1, 0.15) is 17.3 Å². The predicted octanol–water partition coefficient (Wildman–Crippen LogP) is 1.56. The number of hydrogen-bond acceptors (Lipinski definition) is 8. The summed E-state index contributed by atoms with van der Waals surface area (Å²) in [7, 11) is 1.63. The summed E-state index contributed by atoms with van der Waals surface area (Å²) in [6.45, 7) is 6.22. The van der Waals surface area contributed by atoms with Crippen molar-refractivity contribution >= 4 is 17.4 Å². The standard InChI is InChI=1S/C21H33NO8/c1-18(23)19-3-5-20(6-4-19)22-21(24)17-30-16-15-29-14-13-28-12-11-27-10-9-26-8-7-25-2/h3-6H,7-17H2,1-2H3,(H,22,24). The number of ketones is 1. The van der Waals surface area contributed by atoms with Gasteiger partial charge in [-0.15, -0.1) is 0 Å². The third kappa shape index (κ3) is 14.2. The lowest BCUT2D eigenvalue weighted by Crippen LogP contribution is -2.20. The monoisotopic (exact) mass is 427 g/mol. The second kappa shape index (κ2) is 17.9. The molecule has 1 aromatic carbocycles. The van der Waals surface area contributed by atoms with Gasteiger partial charge in [-0.25, -0.2) is 0 Å². The van der Waals surface area contributed by atoms with Crippen LogP contribution < -0.4 is 5.32 Å². The maximum atomic E-state index is 11.8. The molecular weight excluding hydrogens is 394 g/mol. The molecule has 9 heteroatoms. The van der Waals surface area contributed by atoms with Crippen molar-refractivity contribution in [2.75, 3.05) is 85.1 Å². The first kappa shape index (κ1) is 26.2. The molecule has 0 fully saturated rings. The molecule has 0 unspecified atom stereocenters. The van der Waals surface area contributed by atoms with E-state index in [1.54, 1.807) is 31.4 Å². The van der Waals surface area contributed by atoms with E-state index in [0.717, 1.165) is 0 Å². The van der Waals surface area contributed by atoms with E-state index in [2.05, 4.69) is 5.32 Å². The molecule has 0 radical (unpaired) electrons. The number of carbonyl (C=O) groups is 2. The number of amides is 1. The first-order valence-electron chi connectivity index (χ1n) is 9.92. The van der Waals surface area contributed by atoms with Crippen molar-refractivity contribution in [1.29, 1.82) is 0 Å². The van der Waals surface area contributed by atoms with Gasteiger partial charge in [0.15, 0.2) is 5.78 Å².